The van der Waals surface area contributed by atoms with Crippen LogP contribution in [0, 0.1) is 11.8 Å². The maximum Gasteiger partial charge on any atom is 0.241 e. The first-order valence-corrected chi connectivity index (χ1v) is 11.2. The predicted molar refractivity (Wildman–Crippen MR) is 115 cm³/mol. The Hall–Kier alpha value is -1.63. The molecule has 1 aromatic rings. The smallest absolute Gasteiger partial charge is 0.241 e. The fourth-order valence-corrected chi connectivity index (χ4v) is 4.61. The molecule has 1 aromatic carbocycles. The number of amides is 2. The molecular weight excluding hydrogens is 388 g/mol. The average Bonchev–Trinajstić information content (AvgIpc) is 3.11. The summed E-state index contributed by atoms with van der Waals surface area (Å²) in [6, 6.07) is 7.73. The molecule has 2 aliphatic rings. The van der Waals surface area contributed by atoms with Gasteiger partial charge in [0.15, 0.2) is 0 Å². The summed E-state index contributed by atoms with van der Waals surface area (Å²) in [6.07, 6.45) is 4.37. The number of rotatable bonds is 7. The van der Waals surface area contributed by atoms with Crippen molar-refractivity contribution < 1.29 is 9.59 Å². The van der Waals surface area contributed by atoms with E-state index in [4.69, 9.17) is 11.6 Å². The summed E-state index contributed by atoms with van der Waals surface area (Å²) in [5.74, 6) is 0.886. The van der Waals surface area contributed by atoms with Gasteiger partial charge in [0.1, 0.15) is 6.04 Å². The third kappa shape index (κ3) is 5.71. The highest BCUT2D eigenvalue weighted by molar-refractivity contribution is 6.31. The van der Waals surface area contributed by atoms with Crippen molar-refractivity contribution >= 4 is 23.4 Å². The summed E-state index contributed by atoms with van der Waals surface area (Å²) in [5.41, 5.74) is 7.36. The van der Waals surface area contributed by atoms with Gasteiger partial charge in [0.05, 0.1) is 0 Å². The van der Waals surface area contributed by atoms with Crippen LogP contribution < -0.4 is 16.2 Å². The van der Waals surface area contributed by atoms with Crippen LogP contribution in [0.15, 0.2) is 24.3 Å². The van der Waals surface area contributed by atoms with Crippen LogP contribution in [0.25, 0.3) is 0 Å². The Balaban J connectivity index is 1.43. The number of nitrogens with one attached hydrogen (secondary N) is 3. The first-order valence-electron chi connectivity index (χ1n) is 10.8. The van der Waals surface area contributed by atoms with E-state index in [1.54, 1.807) is 0 Å². The van der Waals surface area contributed by atoms with Crippen LogP contribution in [0.4, 0.5) is 0 Å². The van der Waals surface area contributed by atoms with E-state index in [9.17, 15) is 9.59 Å². The molecule has 0 radical (unpaired) electrons. The molecule has 3 rings (SSSR count). The van der Waals surface area contributed by atoms with Crippen molar-refractivity contribution in [3.05, 3.63) is 34.9 Å². The van der Waals surface area contributed by atoms with Crippen molar-refractivity contribution in [1.82, 2.24) is 21.1 Å². The number of hydrogen-bond donors (Lipinski definition) is 3. The van der Waals surface area contributed by atoms with E-state index < -0.39 is 0 Å². The van der Waals surface area contributed by atoms with Crippen LogP contribution in [0.1, 0.15) is 51.5 Å². The molecule has 7 heteroatoms. The van der Waals surface area contributed by atoms with Gasteiger partial charge in [-0.1, -0.05) is 43.6 Å². The zero-order chi connectivity index (χ0) is 20.8. The largest absolute Gasteiger partial charge is 0.352 e. The molecule has 0 aliphatic carbocycles. The number of benzene rings is 1. The molecule has 0 spiro atoms. The third-order valence-electron chi connectivity index (χ3n) is 6.33. The van der Waals surface area contributed by atoms with Crippen LogP contribution in [-0.2, 0) is 16.1 Å². The van der Waals surface area contributed by atoms with Gasteiger partial charge in [-0.3, -0.25) is 15.0 Å². The summed E-state index contributed by atoms with van der Waals surface area (Å²) < 4.78 is 0. The SMILES string of the molecule is CCC1NNC(C(=O)N2CCCC(CCC(=O)NCc3ccccc3Cl)C2)C1C. The second-order valence-electron chi connectivity index (χ2n) is 8.34. The summed E-state index contributed by atoms with van der Waals surface area (Å²) in [5, 5.41) is 3.62. The standard InChI is InChI=1S/C22H33ClN4O2/c1-3-19-15(2)21(26-25-19)22(29)27-12-6-7-16(14-27)10-11-20(28)24-13-17-8-4-5-9-18(17)23/h4-5,8-9,15-16,19,21,25-26H,3,6-7,10-14H2,1-2H3,(H,24,28). The van der Waals surface area contributed by atoms with Gasteiger partial charge in [-0.05, 0) is 49.1 Å². The number of hydrogen-bond acceptors (Lipinski definition) is 4. The van der Waals surface area contributed by atoms with Gasteiger partial charge < -0.3 is 10.2 Å². The second-order valence-corrected chi connectivity index (χ2v) is 8.75. The molecule has 2 heterocycles. The van der Waals surface area contributed by atoms with Gasteiger partial charge in [-0.2, -0.15) is 0 Å². The first kappa shape index (κ1) is 22.1. The highest BCUT2D eigenvalue weighted by Gasteiger charge is 2.39. The summed E-state index contributed by atoms with van der Waals surface area (Å²) in [4.78, 5) is 27.2. The highest BCUT2D eigenvalue weighted by atomic mass is 35.5. The molecule has 2 amide bonds. The van der Waals surface area contributed by atoms with Crippen molar-refractivity contribution in [2.45, 2.75) is 64.6 Å². The minimum Gasteiger partial charge on any atom is -0.352 e. The fourth-order valence-electron chi connectivity index (χ4n) is 4.41. The van der Waals surface area contributed by atoms with Crippen molar-refractivity contribution in [3.63, 3.8) is 0 Å². The van der Waals surface area contributed by atoms with E-state index in [-0.39, 0.29) is 23.8 Å². The molecule has 4 atom stereocenters. The second kappa shape index (κ2) is 10.4. The molecular formula is C22H33ClN4O2. The number of nitrogens with zero attached hydrogens (tertiary/aromatic N) is 1. The van der Waals surface area contributed by atoms with Crippen LogP contribution in [0.5, 0.6) is 0 Å². The Morgan fingerprint density at radius 2 is 2.07 bits per heavy atom. The van der Waals surface area contributed by atoms with Crippen LogP contribution >= 0.6 is 11.6 Å². The zero-order valence-corrected chi connectivity index (χ0v) is 18.2. The summed E-state index contributed by atoms with van der Waals surface area (Å²) in [6.45, 7) is 6.28. The number of carbonyl (C=O) groups excluding carboxylic acids is 2. The van der Waals surface area contributed by atoms with E-state index in [2.05, 4.69) is 30.0 Å². The van der Waals surface area contributed by atoms with E-state index in [1.807, 2.05) is 29.2 Å². The fraction of sp³-hybridized carbons (Fsp3) is 0.636. The number of likely N-dealkylation sites (tertiary alicyclic amines) is 1. The number of halogens is 1. The van der Waals surface area contributed by atoms with Crippen molar-refractivity contribution in [2.75, 3.05) is 13.1 Å². The summed E-state index contributed by atoms with van der Waals surface area (Å²) >= 11 is 6.14. The van der Waals surface area contributed by atoms with Crippen LogP contribution in [0.3, 0.4) is 0 Å². The zero-order valence-electron chi connectivity index (χ0n) is 17.4. The van der Waals surface area contributed by atoms with Crippen molar-refractivity contribution in [3.8, 4) is 0 Å². The molecule has 29 heavy (non-hydrogen) atoms. The lowest BCUT2D eigenvalue weighted by molar-refractivity contribution is -0.136. The Morgan fingerprint density at radius 1 is 1.28 bits per heavy atom. The Labute approximate surface area is 178 Å². The molecule has 6 nitrogen and oxygen atoms in total. The van der Waals surface area contributed by atoms with E-state index in [1.165, 1.54) is 0 Å². The molecule has 0 aromatic heterocycles. The highest BCUT2D eigenvalue weighted by Crippen LogP contribution is 2.25. The Kier molecular flexibility index (Phi) is 7.92. The Bertz CT molecular complexity index is 714. The lowest BCUT2D eigenvalue weighted by Crippen LogP contribution is -2.50. The van der Waals surface area contributed by atoms with Gasteiger partial charge in [-0.25, -0.2) is 5.43 Å². The van der Waals surface area contributed by atoms with Crippen molar-refractivity contribution in [2.24, 2.45) is 11.8 Å². The van der Waals surface area contributed by atoms with Crippen molar-refractivity contribution in [1.29, 1.82) is 0 Å². The average molecular weight is 421 g/mol. The van der Waals surface area contributed by atoms with E-state index >= 15 is 0 Å². The maximum absolute atomic E-state index is 13.0. The molecule has 2 saturated heterocycles. The molecule has 2 aliphatic heterocycles. The molecule has 0 saturated carbocycles. The van der Waals surface area contributed by atoms with E-state index in [0.29, 0.717) is 29.9 Å². The molecule has 0 bridgehead atoms. The van der Waals surface area contributed by atoms with Crippen LogP contribution in [-0.4, -0.2) is 41.9 Å². The lowest BCUT2D eigenvalue weighted by Gasteiger charge is -2.35. The summed E-state index contributed by atoms with van der Waals surface area (Å²) in [7, 11) is 0. The minimum atomic E-state index is -0.155. The van der Waals surface area contributed by atoms with Gasteiger partial charge in [-0.15, -0.1) is 0 Å². The van der Waals surface area contributed by atoms with Gasteiger partial charge >= 0.3 is 0 Å². The monoisotopic (exact) mass is 420 g/mol. The minimum absolute atomic E-state index is 0.0365. The lowest BCUT2D eigenvalue weighted by atomic mass is 9.90. The van der Waals surface area contributed by atoms with Gasteiger partial charge in [0, 0.05) is 37.1 Å². The molecule has 2 fully saturated rings. The molecule has 3 N–H and O–H groups in total. The predicted octanol–water partition coefficient (Wildman–Crippen LogP) is 2.87. The maximum atomic E-state index is 13.0. The Morgan fingerprint density at radius 3 is 2.79 bits per heavy atom. The number of hydrazine groups is 1. The number of piperidine rings is 1. The number of carbonyl (C=O) groups is 2. The van der Waals surface area contributed by atoms with E-state index in [0.717, 1.165) is 44.3 Å². The van der Waals surface area contributed by atoms with Gasteiger partial charge in [0.25, 0.3) is 0 Å². The van der Waals surface area contributed by atoms with Crippen LogP contribution in [0.2, 0.25) is 5.02 Å². The van der Waals surface area contributed by atoms with Gasteiger partial charge in [0.2, 0.25) is 11.8 Å². The quantitative estimate of drug-likeness (QED) is 0.634. The molecule has 160 valence electrons. The normalized spacial score (nSPS) is 27.1. The third-order valence-corrected chi connectivity index (χ3v) is 6.70. The first-order chi connectivity index (χ1) is 14.0. The molecule has 4 unspecified atom stereocenters. The topological polar surface area (TPSA) is 73.5 Å².